The van der Waals surface area contributed by atoms with Crippen LogP contribution in [0.3, 0.4) is 0 Å². The van der Waals surface area contributed by atoms with Gasteiger partial charge in [-0.15, -0.1) is 0 Å². The first-order valence-corrected chi connectivity index (χ1v) is 8.28. The van der Waals surface area contributed by atoms with Crippen molar-refractivity contribution in [2.75, 3.05) is 19.5 Å². The van der Waals surface area contributed by atoms with Crippen molar-refractivity contribution in [3.63, 3.8) is 0 Å². The molecule has 1 unspecified atom stereocenters. The van der Waals surface area contributed by atoms with Crippen LogP contribution in [-0.4, -0.2) is 25.2 Å². The van der Waals surface area contributed by atoms with Gasteiger partial charge in [-0.25, -0.2) is 0 Å². The van der Waals surface area contributed by atoms with Crippen LogP contribution in [0.25, 0.3) is 0 Å². The monoisotopic (exact) mass is 363 g/mol. The van der Waals surface area contributed by atoms with Crippen molar-refractivity contribution < 1.29 is 19.4 Å². The molecule has 6 heteroatoms. The lowest BCUT2D eigenvalue weighted by molar-refractivity contribution is -0.116. The molecule has 25 heavy (non-hydrogen) atoms. The van der Waals surface area contributed by atoms with E-state index in [1.165, 1.54) is 7.11 Å². The second kappa shape index (κ2) is 8.74. The molecule has 0 aromatic heterocycles. The number of hydrogen-bond acceptors (Lipinski definition) is 4. The van der Waals surface area contributed by atoms with Gasteiger partial charge in [0.1, 0.15) is 11.5 Å². The minimum atomic E-state index is -0.812. The summed E-state index contributed by atoms with van der Waals surface area (Å²) in [5.74, 6) is 0.978. The number of aliphatic hydroxyl groups is 1. The highest BCUT2D eigenvalue weighted by molar-refractivity contribution is 6.31. The molecule has 2 aromatic carbocycles. The van der Waals surface area contributed by atoms with Crippen LogP contribution in [0.2, 0.25) is 5.02 Å². The first-order chi connectivity index (χ1) is 11.9. The first-order valence-electron chi connectivity index (χ1n) is 7.90. The highest BCUT2D eigenvalue weighted by Crippen LogP contribution is 2.31. The Kier molecular flexibility index (Phi) is 6.67. The average molecular weight is 364 g/mol. The molecule has 0 saturated heterocycles. The molecule has 0 fully saturated rings. The normalized spacial score (nSPS) is 11.7. The number of ether oxygens (including phenoxy) is 2. The van der Waals surface area contributed by atoms with Gasteiger partial charge in [0.05, 0.1) is 20.3 Å². The summed E-state index contributed by atoms with van der Waals surface area (Å²) in [6.07, 6.45) is -0.371. The molecular formula is C19H22ClNO4. The first kappa shape index (κ1) is 19.1. The van der Waals surface area contributed by atoms with Crippen molar-refractivity contribution in [2.24, 2.45) is 0 Å². The molecule has 5 nitrogen and oxygen atoms in total. The number of hydrogen-bond donors (Lipinski definition) is 2. The number of amides is 1. The second-order valence-electron chi connectivity index (χ2n) is 5.67. The molecule has 0 heterocycles. The van der Waals surface area contributed by atoms with Crippen LogP contribution in [0.15, 0.2) is 36.4 Å². The number of rotatable bonds is 7. The maximum absolute atomic E-state index is 12.1. The maximum atomic E-state index is 12.1. The molecule has 0 radical (unpaired) electrons. The van der Waals surface area contributed by atoms with Crippen LogP contribution in [0.5, 0.6) is 11.5 Å². The Labute approximate surface area is 152 Å². The number of methoxy groups -OCH3 is 2. The van der Waals surface area contributed by atoms with E-state index in [0.29, 0.717) is 27.8 Å². The number of anilines is 1. The van der Waals surface area contributed by atoms with Gasteiger partial charge in [-0.2, -0.15) is 0 Å². The van der Waals surface area contributed by atoms with Crippen molar-refractivity contribution in [1.29, 1.82) is 0 Å². The van der Waals surface area contributed by atoms with Gasteiger partial charge in [-0.3, -0.25) is 4.79 Å². The number of aliphatic hydroxyl groups excluding tert-OH is 1. The fraction of sp³-hybridized carbons (Fsp3) is 0.316. The van der Waals surface area contributed by atoms with E-state index in [9.17, 15) is 9.90 Å². The third kappa shape index (κ3) is 5.11. The summed E-state index contributed by atoms with van der Waals surface area (Å²) in [6.45, 7) is 1.90. The average Bonchev–Trinajstić information content (AvgIpc) is 2.62. The summed E-state index contributed by atoms with van der Waals surface area (Å²) in [4.78, 5) is 12.1. The minimum absolute atomic E-state index is 0.168. The van der Waals surface area contributed by atoms with E-state index in [4.69, 9.17) is 21.1 Å². The lowest BCUT2D eigenvalue weighted by Crippen LogP contribution is -2.13. The summed E-state index contributed by atoms with van der Waals surface area (Å²) in [7, 11) is 3.09. The van der Waals surface area contributed by atoms with Gasteiger partial charge in [0, 0.05) is 28.8 Å². The lowest BCUT2D eigenvalue weighted by atomic mass is 10.0. The van der Waals surface area contributed by atoms with Gasteiger partial charge in [0.15, 0.2) is 0 Å². The Bertz CT molecular complexity index is 748. The summed E-state index contributed by atoms with van der Waals surface area (Å²) in [5, 5.41) is 13.7. The summed E-state index contributed by atoms with van der Waals surface area (Å²) in [5.41, 5.74) is 2.20. The molecule has 0 aliphatic carbocycles. The van der Waals surface area contributed by atoms with E-state index >= 15 is 0 Å². The van der Waals surface area contributed by atoms with Crippen molar-refractivity contribution in [2.45, 2.75) is 25.9 Å². The molecular weight excluding hydrogens is 342 g/mol. The molecule has 2 N–H and O–H groups in total. The zero-order valence-electron chi connectivity index (χ0n) is 14.5. The van der Waals surface area contributed by atoms with Gasteiger partial charge in [0.2, 0.25) is 5.91 Å². The number of carbonyl (C=O) groups is 1. The zero-order valence-corrected chi connectivity index (χ0v) is 15.3. The number of carbonyl (C=O) groups excluding carboxylic acids is 1. The van der Waals surface area contributed by atoms with Crippen molar-refractivity contribution in [3.05, 3.63) is 52.5 Å². The van der Waals surface area contributed by atoms with E-state index in [2.05, 4.69) is 5.32 Å². The third-order valence-corrected chi connectivity index (χ3v) is 4.31. The Morgan fingerprint density at radius 1 is 1.20 bits per heavy atom. The molecule has 0 spiro atoms. The Morgan fingerprint density at radius 2 is 1.96 bits per heavy atom. The predicted octanol–water partition coefficient (Wildman–Crippen LogP) is 4.12. The molecule has 134 valence electrons. The number of nitrogens with one attached hydrogen (secondary N) is 1. The summed E-state index contributed by atoms with van der Waals surface area (Å²) >= 11 is 6.05. The third-order valence-electron chi connectivity index (χ3n) is 3.90. The van der Waals surface area contributed by atoms with E-state index < -0.39 is 6.10 Å². The largest absolute Gasteiger partial charge is 0.497 e. The molecule has 2 rings (SSSR count). The van der Waals surface area contributed by atoms with Crippen LogP contribution in [-0.2, 0) is 4.79 Å². The topological polar surface area (TPSA) is 67.8 Å². The molecule has 2 aromatic rings. The Balaban J connectivity index is 1.96. The van der Waals surface area contributed by atoms with Gasteiger partial charge >= 0.3 is 0 Å². The molecule has 1 atom stereocenters. The van der Waals surface area contributed by atoms with Gasteiger partial charge in [0.25, 0.3) is 0 Å². The fourth-order valence-corrected chi connectivity index (χ4v) is 2.59. The van der Waals surface area contributed by atoms with Crippen LogP contribution in [0, 0.1) is 6.92 Å². The Hall–Kier alpha value is -2.24. The molecule has 1 amide bonds. The van der Waals surface area contributed by atoms with Gasteiger partial charge in [-0.05, 0) is 43.2 Å². The minimum Gasteiger partial charge on any atom is -0.497 e. The van der Waals surface area contributed by atoms with Crippen LogP contribution >= 0.6 is 11.6 Å². The molecule has 0 aliphatic heterocycles. The molecule has 0 bridgehead atoms. The van der Waals surface area contributed by atoms with Crippen LogP contribution < -0.4 is 14.8 Å². The lowest BCUT2D eigenvalue weighted by Gasteiger charge is -2.15. The number of benzene rings is 2. The summed E-state index contributed by atoms with van der Waals surface area (Å²) in [6, 6.07) is 10.5. The highest BCUT2D eigenvalue weighted by atomic mass is 35.5. The molecule has 0 saturated carbocycles. The van der Waals surface area contributed by atoms with E-state index in [-0.39, 0.29) is 18.7 Å². The van der Waals surface area contributed by atoms with Gasteiger partial charge < -0.3 is 19.9 Å². The van der Waals surface area contributed by atoms with Crippen molar-refractivity contribution >= 4 is 23.2 Å². The van der Waals surface area contributed by atoms with Gasteiger partial charge in [-0.1, -0.05) is 17.7 Å². The van der Waals surface area contributed by atoms with E-state index in [0.717, 1.165) is 5.56 Å². The van der Waals surface area contributed by atoms with Crippen LogP contribution in [0.4, 0.5) is 5.69 Å². The SMILES string of the molecule is COc1ccc(C(O)CCC(=O)Nc2ccc(C)c(Cl)c2)c(OC)c1. The smallest absolute Gasteiger partial charge is 0.224 e. The van der Waals surface area contributed by atoms with E-state index in [1.54, 1.807) is 37.4 Å². The summed E-state index contributed by atoms with van der Waals surface area (Å²) < 4.78 is 10.4. The number of halogens is 1. The zero-order chi connectivity index (χ0) is 18.4. The molecule has 0 aliphatic rings. The Morgan fingerprint density at radius 3 is 2.60 bits per heavy atom. The maximum Gasteiger partial charge on any atom is 0.224 e. The van der Waals surface area contributed by atoms with Crippen molar-refractivity contribution in [3.8, 4) is 11.5 Å². The quantitative estimate of drug-likeness (QED) is 0.776. The van der Waals surface area contributed by atoms with Crippen molar-refractivity contribution in [1.82, 2.24) is 0 Å². The highest BCUT2D eigenvalue weighted by Gasteiger charge is 2.16. The second-order valence-corrected chi connectivity index (χ2v) is 6.08. The predicted molar refractivity (Wildman–Crippen MR) is 98.6 cm³/mol. The number of aryl methyl sites for hydroxylation is 1. The fourth-order valence-electron chi connectivity index (χ4n) is 2.41. The van der Waals surface area contributed by atoms with Crippen LogP contribution in [0.1, 0.15) is 30.1 Å². The standard InChI is InChI=1S/C19H22ClNO4/c1-12-4-5-13(10-16(12)20)21-19(23)9-8-17(22)15-7-6-14(24-2)11-18(15)25-3/h4-7,10-11,17,22H,8-9H2,1-3H3,(H,21,23). The van der Waals surface area contributed by atoms with E-state index in [1.807, 2.05) is 13.0 Å².